The highest BCUT2D eigenvalue weighted by Gasteiger charge is 2.61. The van der Waals surface area contributed by atoms with E-state index in [-0.39, 0.29) is 6.42 Å². The second-order valence-corrected chi connectivity index (χ2v) is 5.64. The lowest BCUT2D eigenvalue weighted by molar-refractivity contribution is -0.163. The molecule has 1 N–H and O–H groups in total. The zero-order valence-electron chi connectivity index (χ0n) is 11.5. The molecule has 1 fully saturated rings. The van der Waals surface area contributed by atoms with Crippen molar-refractivity contribution in [3.8, 4) is 0 Å². The lowest BCUT2D eigenvalue weighted by Crippen LogP contribution is -2.43. The van der Waals surface area contributed by atoms with E-state index in [0.717, 1.165) is 0 Å². The van der Waals surface area contributed by atoms with Crippen molar-refractivity contribution >= 4 is 23.5 Å². The Balaban J connectivity index is 3.05. The molecule has 2 atom stereocenters. The molecule has 106 valence electrons. The fourth-order valence-electron chi connectivity index (χ4n) is 2.20. The first-order valence-corrected chi connectivity index (χ1v) is 6.10. The van der Waals surface area contributed by atoms with Gasteiger partial charge >= 0.3 is 11.9 Å². The Morgan fingerprint density at radius 3 is 2.21 bits per heavy atom. The zero-order chi connectivity index (χ0) is 15.0. The van der Waals surface area contributed by atoms with Crippen LogP contribution in [0.3, 0.4) is 0 Å². The smallest absolute Gasteiger partial charge is 0.324 e. The van der Waals surface area contributed by atoms with E-state index in [2.05, 4.69) is 0 Å². The van der Waals surface area contributed by atoms with Crippen LogP contribution in [0.1, 0.15) is 40.5 Å². The number of carbonyl (C=O) groups is 4. The molecule has 0 aromatic heterocycles. The second kappa shape index (κ2) is 4.75. The maximum absolute atomic E-state index is 12.1. The summed E-state index contributed by atoms with van der Waals surface area (Å²) in [5, 5.41) is 9.14. The molecule has 6 nitrogen and oxygen atoms in total. The maximum Gasteiger partial charge on any atom is 0.324 e. The highest BCUT2D eigenvalue weighted by molar-refractivity contribution is 6.30. The summed E-state index contributed by atoms with van der Waals surface area (Å²) in [4.78, 5) is 47.1. The third kappa shape index (κ3) is 2.52. The van der Waals surface area contributed by atoms with Crippen molar-refractivity contribution in [1.29, 1.82) is 0 Å². The zero-order valence-corrected chi connectivity index (χ0v) is 11.5. The molecule has 0 saturated heterocycles. The number of Topliss-reactive ketones (excluding diaryl/α,β-unsaturated/α-hetero) is 2. The summed E-state index contributed by atoms with van der Waals surface area (Å²) in [5.74, 6) is -5.20. The lowest BCUT2D eigenvalue weighted by Gasteiger charge is -2.22. The van der Waals surface area contributed by atoms with Crippen LogP contribution in [-0.2, 0) is 23.9 Å². The largest absolute Gasteiger partial charge is 0.480 e. The molecule has 1 aliphatic carbocycles. The van der Waals surface area contributed by atoms with Gasteiger partial charge < -0.3 is 9.84 Å². The molecule has 1 saturated carbocycles. The van der Waals surface area contributed by atoms with Crippen LogP contribution in [0.2, 0.25) is 0 Å². The van der Waals surface area contributed by atoms with Gasteiger partial charge in [-0.05, 0) is 27.2 Å². The summed E-state index contributed by atoms with van der Waals surface area (Å²) in [5.41, 5.74) is -2.87. The standard InChI is InChI=1S/C13H18O6/c1-5-13(11(17)18)8(14)6-7(9(13)15)10(16)19-12(2,3)4/h7H,5-6H2,1-4H3,(H,17,18). The number of carboxylic acid groups (broad SMARTS) is 1. The third-order valence-electron chi connectivity index (χ3n) is 3.19. The molecule has 0 bridgehead atoms. The van der Waals surface area contributed by atoms with E-state index in [1.165, 1.54) is 6.92 Å². The van der Waals surface area contributed by atoms with E-state index in [1.807, 2.05) is 0 Å². The number of aliphatic carboxylic acids is 1. The van der Waals surface area contributed by atoms with Gasteiger partial charge in [-0.1, -0.05) is 6.92 Å². The van der Waals surface area contributed by atoms with Gasteiger partial charge in [-0.2, -0.15) is 0 Å². The number of rotatable bonds is 3. The van der Waals surface area contributed by atoms with Crippen molar-refractivity contribution in [2.75, 3.05) is 0 Å². The summed E-state index contributed by atoms with van der Waals surface area (Å²) >= 11 is 0. The topological polar surface area (TPSA) is 97.7 Å². The predicted octanol–water partition coefficient (Wildman–Crippen LogP) is 0.967. The molecule has 0 aromatic carbocycles. The minimum atomic E-state index is -2.08. The SMILES string of the molecule is CCC1(C(=O)O)C(=O)CC(C(=O)OC(C)(C)C)C1=O. The van der Waals surface area contributed by atoms with Crippen LogP contribution in [0.15, 0.2) is 0 Å². The number of ether oxygens (including phenoxy) is 1. The van der Waals surface area contributed by atoms with E-state index in [4.69, 9.17) is 9.84 Å². The average Bonchev–Trinajstić information content (AvgIpc) is 2.49. The number of esters is 1. The fraction of sp³-hybridized carbons (Fsp3) is 0.692. The van der Waals surface area contributed by atoms with Crippen molar-refractivity contribution in [1.82, 2.24) is 0 Å². The molecular weight excluding hydrogens is 252 g/mol. The molecular formula is C13H18O6. The van der Waals surface area contributed by atoms with Gasteiger partial charge in [0.15, 0.2) is 17.0 Å². The second-order valence-electron chi connectivity index (χ2n) is 5.64. The third-order valence-corrected chi connectivity index (χ3v) is 3.19. The Morgan fingerprint density at radius 1 is 1.37 bits per heavy atom. The van der Waals surface area contributed by atoms with Gasteiger partial charge in [-0.15, -0.1) is 0 Å². The van der Waals surface area contributed by atoms with Crippen LogP contribution < -0.4 is 0 Å². The van der Waals surface area contributed by atoms with Crippen molar-refractivity contribution in [2.45, 2.75) is 46.1 Å². The summed E-state index contributed by atoms with van der Waals surface area (Å²) in [6.07, 6.45) is -0.548. The molecule has 1 rings (SSSR count). The van der Waals surface area contributed by atoms with Crippen LogP contribution in [0, 0.1) is 11.3 Å². The van der Waals surface area contributed by atoms with Crippen LogP contribution in [0.5, 0.6) is 0 Å². The fourth-order valence-corrected chi connectivity index (χ4v) is 2.20. The van der Waals surface area contributed by atoms with Gasteiger partial charge in [-0.25, -0.2) is 0 Å². The van der Waals surface area contributed by atoms with E-state index in [0.29, 0.717) is 0 Å². The monoisotopic (exact) mass is 270 g/mol. The predicted molar refractivity (Wildman–Crippen MR) is 64.3 cm³/mol. The number of ketones is 2. The van der Waals surface area contributed by atoms with Crippen LogP contribution in [0.25, 0.3) is 0 Å². The Labute approximate surface area is 111 Å². The first kappa shape index (κ1) is 15.3. The Kier molecular flexibility index (Phi) is 3.84. The number of carbonyl (C=O) groups excluding carboxylic acids is 3. The Bertz CT molecular complexity index is 445. The van der Waals surface area contributed by atoms with Crippen LogP contribution in [-0.4, -0.2) is 34.2 Å². The minimum Gasteiger partial charge on any atom is -0.480 e. The minimum absolute atomic E-state index is 0.153. The van der Waals surface area contributed by atoms with Crippen molar-refractivity contribution < 1.29 is 29.0 Å². The molecule has 1 aliphatic rings. The summed E-state index contributed by atoms with van der Waals surface area (Å²) in [6, 6.07) is 0. The van der Waals surface area contributed by atoms with Crippen molar-refractivity contribution in [3.05, 3.63) is 0 Å². The quantitative estimate of drug-likeness (QED) is 0.606. The first-order valence-electron chi connectivity index (χ1n) is 6.10. The molecule has 0 radical (unpaired) electrons. The first-order chi connectivity index (χ1) is 8.56. The summed E-state index contributed by atoms with van der Waals surface area (Å²) in [7, 11) is 0. The van der Waals surface area contributed by atoms with E-state index < -0.39 is 46.9 Å². The number of hydrogen-bond acceptors (Lipinski definition) is 5. The molecule has 0 spiro atoms. The van der Waals surface area contributed by atoms with E-state index in [1.54, 1.807) is 20.8 Å². The Hall–Kier alpha value is -1.72. The van der Waals surface area contributed by atoms with E-state index >= 15 is 0 Å². The van der Waals surface area contributed by atoms with Crippen molar-refractivity contribution in [2.24, 2.45) is 11.3 Å². The number of hydrogen-bond donors (Lipinski definition) is 1. The lowest BCUT2D eigenvalue weighted by atomic mass is 9.80. The van der Waals surface area contributed by atoms with Crippen molar-refractivity contribution in [3.63, 3.8) is 0 Å². The van der Waals surface area contributed by atoms with Gasteiger partial charge in [0.2, 0.25) is 0 Å². The molecule has 0 aliphatic heterocycles. The van der Waals surface area contributed by atoms with Gasteiger partial charge in [0.05, 0.1) is 0 Å². The number of carboxylic acids is 1. The molecule has 6 heteroatoms. The molecule has 0 aromatic rings. The molecule has 0 amide bonds. The normalized spacial score (nSPS) is 27.5. The molecule has 19 heavy (non-hydrogen) atoms. The molecule has 0 heterocycles. The van der Waals surface area contributed by atoms with Crippen LogP contribution >= 0.6 is 0 Å². The van der Waals surface area contributed by atoms with Gasteiger partial charge in [-0.3, -0.25) is 19.2 Å². The van der Waals surface area contributed by atoms with Gasteiger partial charge in [0, 0.05) is 6.42 Å². The average molecular weight is 270 g/mol. The van der Waals surface area contributed by atoms with Gasteiger partial charge in [0.25, 0.3) is 0 Å². The molecule has 2 unspecified atom stereocenters. The van der Waals surface area contributed by atoms with Gasteiger partial charge in [0.1, 0.15) is 11.5 Å². The summed E-state index contributed by atoms with van der Waals surface area (Å²) in [6.45, 7) is 6.35. The highest BCUT2D eigenvalue weighted by atomic mass is 16.6. The Morgan fingerprint density at radius 2 is 1.89 bits per heavy atom. The summed E-state index contributed by atoms with van der Waals surface area (Å²) < 4.78 is 5.05. The maximum atomic E-state index is 12.1. The highest BCUT2D eigenvalue weighted by Crippen LogP contribution is 2.39. The van der Waals surface area contributed by atoms with Crippen LogP contribution in [0.4, 0.5) is 0 Å². The van der Waals surface area contributed by atoms with E-state index in [9.17, 15) is 19.2 Å².